The van der Waals surface area contributed by atoms with Crippen LogP contribution >= 0.6 is 0 Å². The van der Waals surface area contributed by atoms with Gasteiger partial charge in [0.25, 0.3) is 0 Å². The van der Waals surface area contributed by atoms with Gasteiger partial charge in [-0.25, -0.2) is 0 Å². The van der Waals surface area contributed by atoms with Crippen LogP contribution < -0.4 is 0 Å². The highest BCUT2D eigenvalue weighted by molar-refractivity contribution is 6.13. The first-order valence-electron chi connectivity index (χ1n) is 27.6. The molecule has 0 atom stereocenters. The van der Waals surface area contributed by atoms with Gasteiger partial charge in [-0.05, 0) is 150 Å². The third-order valence-electron chi connectivity index (χ3n) is 16.2. The topological polar surface area (TPSA) is 9.86 Å². The molecular weight excluding hydrogens is 965 g/mol. The quantitative estimate of drug-likeness (QED) is 0.129. The summed E-state index contributed by atoms with van der Waals surface area (Å²) in [5, 5.41) is 4.95. The van der Waals surface area contributed by atoms with Crippen molar-refractivity contribution >= 4 is 43.6 Å². The molecule has 0 saturated carbocycles. The molecule has 13 aromatic carbocycles. The number of para-hydroxylation sites is 3. The van der Waals surface area contributed by atoms with Crippen molar-refractivity contribution in [1.29, 1.82) is 0 Å². The second-order valence-electron chi connectivity index (χ2n) is 20.8. The van der Waals surface area contributed by atoms with Gasteiger partial charge in [0, 0.05) is 32.8 Å². The first kappa shape index (κ1) is 46.7. The summed E-state index contributed by atoms with van der Waals surface area (Å²) < 4.78 is 4.85. The van der Waals surface area contributed by atoms with E-state index in [0.29, 0.717) is 0 Å². The Morgan fingerprint density at radius 2 is 0.475 bits per heavy atom. The molecule has 0 N–H and O–H groups in total. The Kier molecular flexibility index (Phi) is 11.6. The predicted molar refractivity (Wildman–Crippen MR) is 339 cm³/mol. The van der Waals surface area contributed by atoms with Crippen molar-refractivity contribution in [3.05, 3.63) is 315 Å². The zero-order chi connectivity index (χ0) is 52.9. The molecular formula is C78H52N2. The Hall–Kier alpha value is -10.5. The van der Waals surface area contributed by atoms with E-state index in [1.807, 2.05) is 0 Å². The molecule has 0 amide bonds. The smallest absolute Gasteiger partial charge is 0.0541 e. The van der Waals surface area contributed by atoms with Crippen LogP contribution in [0.4, 0.5) is 0 Å². The molecule has 15 aromatic rings. The maximum atomic E-state index is 2.45. The maximum absolute atomic E-state index is 2.45. The SMILES string of the molecule is c1ccc(-c2ccc(-n3c4ccccc4c4cc(-c5ccc6c(c5)c5ccccc5n6-c5ccccc5-c5ccc(-c6cccc(-c7cccc(-c8ccc(-c9ccccc9-c9ccccc9)cc8)c7)c6)cc5)ccc43)cc2)cc1. The van der Waals surface area contributed by atoms with Crippen molar-refractivity contribution in [2.24, 2.45) is 0 Å². The van der Waals surface area contributed by atoms with Gasteiger partial charge in [-0.3, -0.25) is 0 Å². The predicted octanol–water partition coefficient (Wildman–Crippen LogP) is 21.2. The molecule has 2 aromatic heterocycles. The third kappa shape index (κ3) is 8.30. The van der Waals surface area contributed by atoms with Crippen LogP contribution in [0, 0.1) is 0 Å². The highest BCUT2D eigenvalue weighted by Gasteiger charge is 2.19. The average molecular weight is 1020 g/mol. The Morgan fingerprint density at radius 3 is 1.02 bits per heavy atom. The van der Waals surface area contributed by atoms with Crippen molar-refractivity contribution in [3.8, 4) is 100 Å². The standard InChI is InChI=1S/C78H52N2/c1-3-17-53(18-4-1)54-41-45-66(46-42-54)79-75-31-13-10-28-70(75)72-51-64(43-47-77(72)79)65-44-48-78-73(52-65)71-29-11-14-32-76(71)80(78)74-30-12-9-27-69(74)59-39-35-56(36-40-59)61-22-16-24-63(50-61)62-23-15-21-60(49-62)55-33-37-58(38-34-55)68-26-8-7-25-67(68)57-19-5-2-6-20-57/h1-52H. The first-order valence-corrected chi connectivity index (χ1v) is 27.6. The molecule has 15 rings (SSSR count). The van der Waals surface area contributed by atoms with E-state index >= 15 is 0 Å². The highest BCUT2D eigenvalue weighted by atomic mass is 15.0. The van der Waals surface area contributed by atoms with Crippen LogP contribution in [-0.2, 0) is 0 Å². The van der Waals surface area contributed by atoms with Gasteiger partial charge in [-0.1, -0.05) is 249 Å². The van der Waals surface area contributed by atoms with Crippen LogP contribution in [0.25, 0.3) is 144 Å². The van der Waals surface area contributed by atoms with Gasteiger partial charge in [0.05, 0.1) is 27.8 Å². The van der Waals surface area contributed by atoms with Crippen LogP contribution in [0.2, 0.25) is 0 Å². The summed E-state index contributed by atoms with van der Waals surface area (Å²) in [6.07, 6.45) is 0. The van der Waals surface area contributed by atoms with Crippen LogP contribution in [0.3, 0.4) is 0 Å². The molecule has 0 fully saturated rings. The fourth-order valence-corrected chi connectivity index (χ4v) is 12.2. The molecule has 0 aliphatic carbocycles. The second kappa shape index (κ2) is 19.8. The van der Waals surface area contributed by atoms with E-state index in [-0.39, 0.29) is 0 Å². The zero-order valence-electron chi connectivity index (χ0n) is 43.9. The minimum absolute atomic E-state index is 1.15. The van der Waals surface area contributed by atoms with E-state index in [0.717, 1.165) is 11.4 Å². The van der Waals surface area contributed by atoms with Crippen LogP contribution in [0.5, 0.6) is 0 Å². The van der Waals surface area contributed by atoms with Crippen molar-refractivity contribution in [3.63, 3.8) is 0 Å². The van der Waals surface area contributed by atoms with Gasteiger partial charge >= 0.3 is 0 Å². The number of rotatable bonds is 10. The molecule has 2 nitrogen and oxygen atoms in total. The van der Waals surface area contributed by atoms with Crippen LogP contribution in [0.1, 0.15) is 0 Å². The lowest BCUT2D eigenvalue weighted by molar-refractivity contribution is 1.18. The lowest BCUT2D eigenvalue weighted by Gasteiger charge is -2.15. The number of benzene rings is 13. The van der Waals surface area contributed by atoms with Gasteiger partial charge in [0.2, 0.25) is 0 Å². The molecule has 0 unspecified atom stereocenters. The summed E-state index contributed by atoms with van der Waals surface area (Å²) in [4.78, 5) is 0. The van der Waals surface area contributed by atoms with E-state index in [2.05, 4.69) is 325 Å². The average Bonchev–Trinajstić information content (AvgIpc) is 4.09. The number of aromatic nitrogens is 2. The molecule has 2 heterocycles. The van der Waals surface area contributed by atoms with Gasteiger partial charge in [-0.2, -0.15) is 0 Å². The molecule has 0 saturated heterocycles. The second-order valence-corrected chi connectivity index (χ2v) is 20.8. The molecule has 0 aliphatic heterocycles. The number of nitrogens with zero attached hydrogens (tertiary/aromatic N) is 2. The Morgan fingerprint density at radius 1 is 0.163 bits per heavy atom. The first-order chi connectivity index (χ1) is 39.7. The van der Waals surface area contributed by atoms with E-state index in [4.69, 9.17) is 0 Å². The normalized spacial score (nSPS) is 11.5. The largest absolute Gasteiger partial charge is 0.309 e. The number of fused-ring (bicyclic) bond motifs is 6. The van der Waals surface area contributed by atoms with E-state index < -0.39 is 0 Å². The molecule has 0 spiro atoms. The van der Waals surface area contributed by atoms with Crippen molar-refractivity contribution < 1.29 is 0 Å². The Bertz CT molecular complexity index is 4770. The fraction of sp³-hybridized carbons (Fsp3) is 0. The van der Waals surface area contributed by atoms with Crippen LogP contribution in [-0.4, -0.2) is 9.13 Å². The van der Waals surface area contributed by atoms with Crippen molar-refractivity contribution in [1.82, 2.24) is 9.13 Å². The number of hydrogen-bond donors (Lipinski definition) is 0. The van der Waals surface area contributed by atoms with Crippen LogP contribution in [0.15, 0.2) is 315 Å². The molecule has 2 heteroatoms. The summed E-state index contributed by atoms with van der Waals surface area (Å²) in [7, 11) is 0. The lowest BCUT2D eigenvalue weighted by atomic mass is 9.92. The summed E-state index contributed by atoms with van der Waals surface area (Å²) >= 11 is 0. The summed E-state index contributed by atoms with van der Waals surface area (Å²) in [6, 6.07) is 115. The Balaban J connectivity index is 0.723. The minimum Gasteiger partial charge on any atom is -0.309 e. The number of hydrogen-bond acceptors (Lipinski definition) is 0. The molecule has 374 valence electrons. The van der Waals surface area contributed by atoms with Gasteiger partial charge in [-0.15, -0.1) is 0 Å². The molecule has 80 heavy (non-hydrogen) atoms. The summed E-state index contributed by atoms with van der Waals surface area (Å²) in [6.45, 7) is 0. The van der Waals surface area contributed by atoms with Crippen molar-refractivity contribution in [2.75, 3.05) is 0 Å². The van der Waals surface area contributed by atoms with Crippen molar-refractivity contribution in [2.45, 2.75) is 0 Å². The lowest BCUT2D eigenvalue weighted by Crippen LogP contribution is -1.97. The Labute approximate surface area is 466 Å². The molecule has 0 aliphatic rings. The van der Waals surface area contributed by atoms with Gasteiger partial charge < -0.3 is 9.13 Å². The van der Waals surface area contributed by atoms with Gasteiger partial charge in [0.15, 0.2) is 0 Å². The monoisotopic (exact) mass is 1020 g/mol. The third-order valence-corrected chi connectivity index (χ3v) is 16.2. The van der Waals surface area contributed by atoms with E-state index in [1.54, 1.807) is 0 Å². The fourth-order valence-electron chi connectivity index (χ4n) is 12.2. The highest BCUT2D eigenvalue weighted by Crippen LogP contribution is 2.41. The zero-order valence-corrected chi connectivity index (χ0v) is 43.9. The summed E-state index contributed by atoms with van der Waals surface area (Å²) in [5.41, 5.74) is 26.3. The summed E-state index contributed by atoms with van der Waals surface area (Å²) in [5.74, 6) is 0. The van der Waals surface area contributed by atoms with E-state index in [9.17, 15) is 0 Å². The minimum atomic E-state index is 1.15. The van der Waals surface area contributed by atoms with Gasteiger partial charge in [0.1, 0.15) is 0 Å². The maximum Gasteiger partial charge on any atom is 0.0541 e. The molecule has 0 bridgehead atoms. The van der Waals surface area contributed by atoms with E-state index in [1.165, 1.54) is 133 Å². The molecule has 0 radical (unpaired) electrons.